The van der Waals surface area contributed by atoms with Gasteiger partial charge in [0.25, 0.3) is 11.8 Å². The number of rotatable bonds is 5. The standard InChI is InChI=1S/C18H18BrN3O2/c1-12-7-9-14(10-8-12)13(2)21-22-17(23)11-20-18(24)15-5-3-4-6-16(15)19/h3-10H,11H2,1-2H3,(H,20,24)(H,22,23)/b21-13+. The molecule has 0 aromatic heterocycles. The zero-order valence-electron chi connectivity index (χ0n) is 13.5. The van der Waals surface area contributed by atoms with E-state index in [-0.39, 0.29) is 18.4 Å². The highest BCUT2D eigenvalue weighted by Crippen LogP contribution is 2.15. The van der Waals surface area contributed by atoms with Crippen LogP contribution in [-0.2, 0) is 4.79 Å². The van der Waals surface area contributed by atoms with Gasteiger partial charge in [0.2, 0.25) is 0 Å². The number of hydrogen-bond acceptors (Lipinski definition) is 3. The number of hydrogen-bond donors (Lipinski definition) is 2. The first kappa shape index (κ1) is 17.9. The Hall–Kier alpha value is -2.47. The Morgan fingerprint density at radius 1 is 1.08 bits per heavy atom. The van der Waals surface area contributed by atoms with Crippen LogP contribution in [0.15, 0.2) is 58.1 Å². The van der Waals surface area contributed by atoms with Crippen molar-refractivity contribution in [1.29, 1.82) is 0 Å². The van der Waals surface area contributed by atoms with E-state index in [0.29, 0.717) is 15.7 Å². The molecule has 0 heterocycles. The molecule has 0 unspecified atom stereocenters. The molecule has 0 saturated carbocycles. The molecule has 124 valence electrons. The lowest BCUT2D eigenvalue weighted by Crippen LogP contribution is -2.35. The van der Waals surface area contributed by atoms with Crippen LogP contribution in [0.25, 0.3) is 0 Å². The van der Waals surface area contributed by atoms with Crippen molar-refractivity contribution in [2.24, 2.45) is 5.10 Å². The zero-order chi connectivity index (χ0) is 17.5. The molecule has 2 rings (SSSR count). The van der Waals surface area contributed by atoms with E-state index in [0.717, 1.165) is 11.1 Å². The summed E-state index contributed by atoms with van der Waals surface area (Å²) >= 11 is 3.30. The van der Waals surface area contributed by atoms with E-state index in [2.05, 4.69) is 31.8 Å². The predicted octanol–water partition coefficient (Wildman–Crippen LogP) is 3.03. The first-order valence-electron chi connectivity index (χ1n) is 7.40. The van der Waals surface area contributed by atoms with Gasteiger partial charge in [0, 0.05) is 4.47 Å². The van der Waals surface area contributed by atoms with E-state index in [4.69, 9.17) is 0 Å². The fourth-order valence-electron chi connectivity index (χ4n) is 1.95. The SMILES string of the molecule is C/C(=N\NC(=O)CNC(=O)c1ccccc1Br)c1ccc(C)cc1. The van der Waals surface area contributed by atoms with Crippen molar-refractivity contribution in [1.82, 2.24) is 10.7 Å². The van der Waals surface area contributed by atoms with Gasteiger partial charge in [-0.1, -0.05) is 42.0 Å². The molecule has 0 fully saturated rings. The van der Waals surface area contributed by atoms with Crippen LogP contribution in [0.1, 0.15) is 28.4 Å². The van der Waals surface area contributed by atoms with Crippen LogP contribution in [0.3, 0.4) is 0 Å². The summed E-state index contributed by atoms with van der Waals surface area (Å²) in [4.78, 5) is 23.8. The molecule has 0 spiro atoms. The Labute approximate surface area is 149 Å². The van der Waals surface area contributed by atoms with Crippen LogP contribution in [-0.4, -0.2) is 24.1 Å². The maximum Gasteiger partial charge on any atom is 0.259 e. The molecule has 2 aromatic carbocycles. The molecule has 2 aromatic rings. The Balaban J connectivity index is 1.87. The quantitative estimate of drug-likeness (QED) is 0.611. The number of benzene rings is 2. The molecule has 0 saturated heterocycles. The third-order valence-corrected chi connectivity index (χ3v) is 4.04. The number of nitrogens with one attached hydrogen (secondary N) is 2. The van der Waals surface area contributed by atoms with Crippen molar-refractivity contribution in [3.8, 4) is 0 Å². The van der Waals surface area contributed by atoms with Crippen LogP contribution in [0, 0.1) is 6.92 Å². The minimum atomic E-state index is -0.387. The zero-order valence-corrected chi connectivity index (χ0v) is 15.1. The van der Waals surface area contributed by atoms with Gasteiger partial charge >= 0.3 is 0 Å². The maximum atomic E-state index is 12.0. The van der Waals surface area contributed by atoms with Gasteiger partial charge in [-0.05, 0) is 47.5 Å². The molecule has 0 atom stereocenters. The molecule has 0 aliphatic heterocycles. The average molecular weight is 388 g/mol. The second-order valence-corrected chi connectivity index (χ2v) is 6.12. The van der Waals surface area contributed by atoms with Crippen molar-refractivity contribution < 1.29 is 9.59 Å². The highest BCUT2D eigenvalue weighted by atomic mass is 79.9. The van der Waals surface area contributed by atoms with Crippen molar-refractivity contribution in [2.75, 3.05) is 6.54 Å². The lowest BCUT2D eigenvalue weighted by atomic mass is 10.1. The van der Waals surface area contributed by atoms with E-state index in [1.54, 1.807) is 18.2 Å². The van der Waals surface area contributed by atoms with Crippen molar-refractivity contribution in [3.63, 3.8) is 0 Å². The summed E-state index contributed by atoms with van der Waals surface area (Å²) in [5, 5.41) is 6.61. The molecule has 6 heteroatoms. The highest BCUT2D eigenvalue weighted by Gasteiger charge is 2.10. The number of aryl methyl sites for hydroxylation is 1. The van der Waals surface area contributed by atoms with Crippen molar-refractivity contribution in [2.45, 2.75) is 13.8 Å². The molecule has 5 nitrogen and oxygen atoms in total. The topological polar surface area (TPSA) is 70.6 Å². The van der Waals surface area contributed by atoms with E-state index in [9.17, 15) is 9.59 Å². The first-order valence-corrected chi connectivity index (χ1v) is 8.19. The van der Waals surface area contributed by atoms with Gasteiger partial charge in [0.15, 0.2) is 0 Å². The van der Waals surface area contributed by atoms with Gasteiger partial charge in [0.1, 0.15) is 0 Å². The van der Waals surface area contributed by atoms with E-state index < -0.39 is 0 Å². The third-order valence-electron chi connectivity index (χ3n) is 3.35. The normalized spacial score (nSPS) is 11.0. The molecule has 0 bridgehead atoms. The lowest BCUT2D eigenvalue weighted by Gasteiger charge is -2.06. The molecule has 2 amide bonds. The molecule has 24 heavy (non-hydrogen) atoms. The summed E-state index contributed by atoms with van der Waals surface area (Å²) in [5.74, 6) is -0.710. The van der Waals surface area contributed by atoms with Crippen LogP contribution in [0.5, 0.6) is 0 Å². The smallest absolute Gasteiger partial charge is 0.259 e. The Morgan fingerprint density at radius 3 is 2.42 bits per heavy atom. The number of hydrazone groups is 1. The molecule has 0 aliphatic carbocycles. The summed E-state index contributed by atoms with van der Waals surface area (Å²) in [7, 11) is 0. The summed E-state index contributed by atoms with van der Waals surface area (Å²) in [6.45, 7) is 3.67. The summed E-state index contributed by atoms with van der Waals surface area (Å²) in [6, 6.07) is 14.9. The Bertz CT molecular complexity index is 770. The van der Waals surface area contributed by atoms with Gasteiger partial charge in [0.05, 0.1) is 17.8 Å². The minimum absolute atomic E-state index is 0.148. The number of carbonyl (C=O) groups is 2. The number of nitrogens with zero attached hydrogens (tertiary/aromatic N) is 1. The van der Waals surface area contributed by atoms with Crippen LogP contribution in [0.4, 0.5) is 0 Å². The number of carbonyl (C=O) groups excluding carboxylic acids is 2. The highest BCUT2D eigenvalue weighted by molar-refractivity contribution is 9.10. The van der Waals surface area contributed by atoms with Crippen LogP contribution < -0.4 is 10.7 Å². The fraction of sp³-hybridized carbons (Fsp3) is 0.167. The monoisotopic (exact) mass is 387 g/mol. The third kappa shape index (κ3) is 5.03. The second-order valence-electron chi connectivity index (χ2n) is 5.26. The van der Waals surface area contributed by atoms with Gasteiger partial charge in [-0.25, -0.2) is 5.43 Å². The van der Waals surface area contributed by atoms with Crippen molar-refractivity contribution in [3.05, 3.63) is 69.7 Å². The minimum Gasteiger partial charge on any atom is -0.343 e. The largest absolute Gasteiger partial charge is 0.343 e. The molecular formula is C18H18BrN3O2. The lowest BCUT2D eigenvalue weighted by molar-refractivity contribution is -0.120. The maximum absolute atomic E-state index is 12.0. The average Bonchev–Trinajstić information content (AvgIpc) is 2.58. The van der Waals surface area contributed by atoms with E-state index in [1.165, 1.54) is 0 Å². The van der Waals surface area contributed by atoms with Crippen LogP contribution >= 0.6 is 15.9 Å². The number of halogens is 1. The molecule has 0 aliphatic rings. The van der Waals surface area contributed by atoms with E-state index in [1.807, 2.05) is 44.2 Å². The van der Waals surface area contributed by atoms with Crippen LogP contribution in [0.2, 0.25) is 0 Å². The van der Waals surface area contributed by atoms with Gasteiger partial charge in [-0.2, -0.15) is 5.10 Å². The summed E-state index contributed by atoms with van der Waals surface area (Å²) in [5.41, 5.74) is 5.70. The first-order chi connectivity index (χ1) is 11.5. The summed E-state index contributed by atoms with van der Waals surface area (Å²) < 4.78 is 0.677. The summed E-state index contributed by atoms with van der Waals surface area (Å²) in [6.07, 6.45) is 0. The molecule has 0 radical (unpaired) electrons. The van der Waals surface area contributed by atoms with Gasteiger partial charge < -0.3 is 5.32 Å². The van der Waals surface area contributed by atoms with Crippen molar-refractivity contribution >= 4 is 33.5 Å². The van der Waals surface area contributed by atoms with Gasteiger partial charge in [-0.3, -0.25) is 9.59 Å². The molecular weight excluding hydrogens is 370 g/mol. The second kappa shape index (κ2) is 8.40. The Kier molecular flexibility index (Phi) is 6.26. The number of amides is 2. The van der Waals surface area contributed by atoms with Gasteiger partial charge in [-0.15, -0.1) is 0 Å². The fourth-order valence-corrected chi connectivity index (χ4v) is 2.41. The molecule has 2 N–H and O–H groups in total. The van der Waals surface area contributed by atoms with E-state index >= 15 is 0 Å². The Morgan fingerprint density at radius 2 is 1.75 bits per heavy atom. The predicted molar refractivity (Wildman–Crippen MR) is 98.0 cm³/mol.